The predicted octanol–water partition coefficient (Wildman–Crippen LogP) is 4.68. The molecule has 0 amide bonds. The maximum absolute atomic E-state index is 13.0. The number of rotatable bonds is 5. The van der Waals surface area contributed by atoms with Crippen molar-refractivity contribution >= 4 is 17.8 Å². The summed E-state index contributed by atoms with van der Waals surface area (Å²) in [4.78, 5) is 25.0. The van der Waals surface area contributed by atoms with E-state index in [1.54, 1.807) is 24.3 Å². The Morgan fingerprint density at radius 1 is 1.00 bits per heavy atom. The van der Waals surface area contributed by atoms with E-state index in [-0.39, 0.29) is 28.6 Å². The topological polar surface area (TPSA) is 71.1 Å². The number of ketones is 1. The maximum atomic E-state index is 13.0. The Morgan fingerprint density at radius 2 is 1.77 bits per heavy atom. The van der Waals surface area contributed by atoms with Gasteiger partial charge in [0.2, 0.25) is 5.78 Å². The van der Waals surface area contributed by atoms with Crippen LogP contribution >= 0.6 is 0 Å². The van der Waals surface area contributed by atoms with Crippen LogP contribution in [0.3, 0.4) is 0 Å². The lowest BCUT2D eigenvalue weighted by Crippen LogP contribution is -2.08. The molecule has 0 saturated heterocycles. The number of carbonyl (C=O) groups excluding carboxylic acids is 2. The van der Waals surface area contributed by atoms with Gasteiger partial charge in [-0.1, -0.05) is 12.1 Å². The van der Waals surface area contributed by atoms with Crippen molar-refractivity contribution in [3.8, 4) is 23.0 Å². The van der Waals surface area contributed by atoms with Gasteiger partial charge in [-0.05, 0) is 48.5 Å². The first kappa shape index (κ1) is 20.2. The van der Waals surface area contributed by atoms with Crippen LogP contribution in [0.4, 0.5) is 4.39 Å². The first-order valence-electron chi connectivity index (χ1n) is 9.27. The van der Waals surface area contributed by atoms with Crippen molar-refractivity contribution in [2.24, 2.45) is 0 Å². The molecule has 0 spiro atoms. The molecule has 0 N–H and O–H groups in total. The van der Waals surface area contributed by atoms with Crippen LogP contribution < -0.4 is 18.9 Å². The normalized spacial score (nSPS) is 13.5. The molecule has 0 fully saturated rings. The summed E-state index contributed by atoms with van der Waals surface area (Å²) in [6.07, 6.45) is 1.56. The Bertz CT molecular complexity index is 1200. The fourth-order valence-electron chi connectivity index (χ4n) is 3.15. The number of carbonyl (C=O) groups is 2. The van der Waals surface area contributed by atoms with Crippen LogP contribution in [0.2, 0.25) is 0 Å². The van der Waals surface area contributed by atoms with Gasteiger partial charge in [-0.3, -0.25) is 4.79 Å². The van der Waals surface area contributed by atoms with E-state index in [1.807, 2.05) is 0 Å². The standard InChI is InChI=1S/C24H17FO6/c1-28-19-5-3-4-15(23(19)29-2)12-21-22(26)18-11-10-17(13-20(18)31-21)30-24(27)14-6-8-16(25)9-7-14/h3-13H,1-2H3/b21-12-. The fourth-order valence-corrected chi connectivity index (χ4v) is 3.15. The molecular formula is C24H17FO6. The highest BCUT2D eigenvalue weighted by Crippen LogP contribution is 2.37. The van der Waals surface area contributed by atoms with Gasteiger partial charge >= 0.3 is 5.97 Å². The third-order valence-electron chi connectivity index (χ3n) is 4.65. The molecule has 0 aromatic heterocycles. The Kier molecular flexibility index (Phi) is 5.41. The minimum Gasteiger partial charge on any atom is -0.493 e. The predicted molar refractivity (Wildman–Crippen MR) is 110 cm³/mol. The number of halogens is 1. The monoisotopic (exact) mass is 420 g/mol. The quantitative estimate of drug-likeness (QED) is 0.339. The van der Waals surface area contributed by atoms with Crippen LogP contribution in [0.5, 0.6) is 23.0 Å². The Labute approximate surface area is 177 Å². The van der Waals surface area contributed by atoms with Crippen molar-refractivity contribution < 1.29 is 32.9 Å². The summed E-state index contributed by atoms with van der Waals surface area (Å²) >= 11 is 0. The number of methoxy groups -OCH3 is 2. The van der Waals surface area contributed by atoms with Gasteiger partial charge in [0.25, 0.3) is 0 Å². The second-order valence-corrected chi connectivity index (χ2v) is 6.58. The largest absolute Gasteiger partial charge is 0.493 e. The SMILES string of the molecule is COc1cccc(/C=C2\Oc3cc(OC(=O)c4ccc(F)cc4)ccc3C2=O)c1OC. The summed E-state index contributed by atoms with van der Waals surface area (Å²) in [6.45, 7) is 0. The van der Waals surface area contributed by atoms with Crippen LogP contribution in [0.25, 0.3) is 6.08 Å². The van der Waals surface area contributed by atoms with Crippen molar-refractivity contribution in [2.45, 2.75) is 0 Å². The summed E-state index contributed by atoms with van der Waals surface area (Å²) in [5, 5.41) is 0. The van der Waals surface area contributed by atoms with Gasteiger partial charge in [0.15, 0.2) is 17.3 Å². The number of para-hydroxylation sites is 1. The van der Waals surface area contributed by atoms with Gasteiger partial charge in [-0.25, -0.2) is 9.18 Å². The van der Waals surface area contributed by atoms with E-state index >= 15 is 0 Å². The number of allylic oxidation sites excluding steroid dienone is 1. The minimum absolute atomic E-state index is 0.101. The number of benzene rings is 3. The van der Waals surface area contributed by atoms with Crippen molar-refractivity contribution in [1.29, 1.82) is 0 Å². The average molecular weight is 420 g/mol. The third-order valence-corrected chi connectivity index (χ3v) is 4.65. The van der Waals surface area contributed by atoms with E-state index in [0.717, 1.165) is 0 Å². The maximum Gasteiger partial charge on any atom is 0.343 e. The Balaban J connectivity index is 1.58. The third kappa shape index (κ3) is 3.98. The van der Waals surface area contributed by atoms with Crippen LogP contribution in [-0.2, 0) is 0 Å². The molecule has 0 bridgehead atoms. The molecule has 156 valence electrons. The van der Waals surface area contributed by atoms with Gasteiger partial charge in [-0.2, -0.15) is 0 Å². The van der Waals surface area contributed by atoms with Gasteiger partial charge in [0.05, 0.1) is 25.3 Å². The van der Waals surface area contributed by atoms with Crippen LogP contribution in [0.1, 0.15) is 26.3 Å². The summed E-state index contributed by atoms with van der Waals surface area (Å²) < 4.78 is 34.7. The van der Waals surface area contributed by atoms with Gasteiger partial charge < -0.3 is 18.9 Å². The number of fused-ring (bicyclic) bond motifs is 1. The lowest BCUT2D eigenvalue weighted by atomic mass is 10.1. The summed E-state index contributed by atoms with van der Waals surface area (Å²) in [7, 11) is 3.03. The van der Waals surface area contributed by atoms with Crippen molar-refractivity contribution in [1.82, 2.24) is 0 Å². The number of ether oxygens (including phenoxy) is 4. The van der Waals surface area contributed by atoms with Crippen LogP contribution in [0.15, 0.2) is 66.4 Å². The summed E-state index contributed by atoms with van der Waals surface area (Å²) in [5.41, 5.74) is 1.15. The molecule has 0 radical (unpaired) electrons. The molecule has 7 heteroatoms. The molecule has 4 rings (SSSR count). The van der Waals surface area contributed by atoms with E-state index in [2.05, 4.69) is 0 Å². The molecule has 31 heavy (non-hydrogen) atoms. The zero-order valence-corrected chi connectivity index (χ0v) is 16.7. The molecule has 0 unspecified atom stereocenters. The smallest absolute Gasteiger partial charge is 0.343 e. The number of hydrogen-bond donors (Lipinski definition) is 0. The highest BCUT2D eigenvalue weighted by Gasteiger charge is 2.28. The number of esters is 1. The van der Waals surface area contributed by atoms with Crippen molar-refractivity contribution in [3.63, 3.8) is 0 Å². The first-order chi connectivity index (χ1) is 15.0. The fraction of sp³-hybridized carbons (Fsp3) is 0.0833. The number of hydrogen-bond acceptors (Lipinski definition) is 6. The Hall–Kier alpha value is -4.13. The second-order valence-electron chi connectivity index (χ2n) is 6.58. The molecule has 3 aromatic rings. The highest BCUT2D eigenvalue weighted by atomic mass is 19.1. The summed E-state index contributed by atoms with van der Waals surface area (Å²) in [6, 6.07) is 14.8. The lowest BCUT2D eigenvalue weighted by Gasteiger charge is -2.10. The molecule has 1 aliphatic rings. The Morgan fingerprint density at radius 3 is 2.48 bits per heavy atom. The zero-order chi connectivity index (χ0) is 22.0. The molecule has 6 nitrogen and oxygen atoms in total. The first-order valence-corrected chi connectivity index (χ1v) is 9.27. The van der Waals surface area contributed by atoms with E-state index in [9.17, 15) is 14.0 Å². The molecule has 0 aliphatic carbocycles. The minimum atomic E-state index is -0.652. The van der Waals surface area contributed by atoms with E-state index in [0.29, 0.717) is 22.6 Å². The average Bonchev–Trinajstić information content (AvgIpc) is 3.08. The van der Waals surface area contributed by atoms with E-state index in [4.69, 9.17) is 18.9 Å². The second kappa shape index (κ2) is 8.31. The van der Waals surface area contributed by atoms with Crippen LogP contribution in [0, 0.1) is 5.82 Å². The molecule has 1 aliphatic heterocycles. The molecular weight excluding hydrogens is 403 g/mol. The van der Waals surface area contributed by atoms with E-state index in [1.165, 1.54) is 56.7 Å². The molecule has 3 aromatic carbocycles. The van der Waals surface area contributed by atoms with Gasteiger partial charge in [0, 0.05) is 11.6 Å². The van der Waals surface area contributed by atoms with Gasteiger partial charge in [-0.15, -0.1) is 0 Å². The van der Waals surface area contributed by atoms with Crippen molar-refractivity contribution in [2.75, 3.05) is 14.2 Å². The highest BCUT2D eigenvalue weighted by molar-refractivity contribution is 6.14. The van der Waals surface area contributed by atoms with Crippen LogP contribution in [-0.4, -0.2) is 26.0 Å². The molecule has 0 atom stereocenters. The summed E-state index contributed by atoms with van der Waals surface area (Å²) in [5.74, 6) is 0.145. The van der Waals surface area contributed by atoms with E-state index < -0.39 is 11.8 Å². The zero-order valence-electron chi connectivity index (χ0n) is 16.7. The number of Topliss-reactive ketones (excluding diaryl/α,β-unsaturated/α-hetero) is 1. The molecule has 1 heterocycles. The van der Waals surface area contributed by atoms with Crippen molar-refractivity contribution in [3.05, 3.63) is 88.9 Å². The van der Waals surface area contributed by atoms with Gasteiger partial charge in [0.1, 0.15) is 17.3 Å². The molecule has 0 saturated carbocycles. The lowest BCUT2D eigenvalue weighted by molar-refractivity contribution is 0.0734.